The molecule has 0 bridgehead atoms. The maximum absolute atomic E-state index is 5.84. The predicted molar refractivity (Wildman–Crippen MR) is 117 cm³/mol. The second kappa shape index (κ2) is 4.84. The molecule has 3 aromatic carbocycles. The fourth-order valence-corrected chi connectivity index (χ4v) is 5.17. The summed E-state index contributed by atoms with van der Waals surface area (Å²) in [7, 11) is 2.12. The summed E-state index contributed by atoms with van der Waals surface area (Å²) >= 11 is 0. The minimum atomic E-state index is 0.918. The van der Waals surface area contributed by atoms with Gasteiger partial charge < -0.3 is 8.82 Å². The van der Waals surface area contributed by atoms with E-state index in [1.165, 1.54) is 49.2 Å². The van der Waals surface area contributed by atoms with Gasteiger partial charge in [0.2, 0.25) is 5.52 Å². The summed E-state index contributed by atoms with van der Waals surface area (Å²) in [6.45, 7) is 4.30. The Balaban J connectivity index is 2.06. The maximum Gasteiger partial charge on any atom is 0.296 e. The Morgan fingerprint density at radius 2 is 1.79 bits per heavy atom. The molecule has 0 unspecified atom stereocenters. The molecule has 0 atom stereocenters. The van der Waals surface area contributed by atoms with Gasteiger partial charge in [0.25, 0.3) is 5.82 Å². The molecule has 0 amide bonds. The first-order chi connectivity index (χ1) is 14.1. The summed E-state index contributed by atoms with van der Waals surface area (Å²) < 4.78 is 10.5. The fourth-order valence-electron chi connectivity index (χ4n) is 5.17. The third-order valence-corrected chi connectivity index (χ3v) is 6.55. The maximum atomic E-state index is 5.84. The standard InChI is InChI=1S/C25H18N3O/c1-13-8-9-15-12-19-17(10-11-29-19)23-21(15)20(13)24-25-22(26-14(2)27(24)3)16-6-4-5-7-18(16)28(23)25/h4-12H,1-3H3/q+1. The monoisotopic (exact) mass is 376 g/mol. The molecule has 0 aliphatic carbocycles. The lowest BCUT2D eigenvalue weighted by Crippen LogP contribution is -2.34. The minimum Gasteiger partial charge on any atom is -0.464 e. The van der Waals surface area contributed by atoms with Crippen molar-refractivity contribution in [1.82, 2.24) is 9.38 Å². The van der Waals surface area contributed by atoms with Crippen LogP contribution in [0.15, 0.2) is 59.2 Å². The van der Waals surface area contributed by atoms with Gasteiger partial charge in [0.05, 0.1) is 29.7 Å². The van der Waals surface area contributed by atoms with E-state index < -0.39 is 0 Å². The van der Waals surface area contributed by atoms with E-state index in [0.717, 1.165) is 22.3 Å². The van der Waals surface area contributed by atoms with Crippen LogP contribution in [0.1, 0.15) is 11.4 Å². The smallest absolute Gasteiger partial charge is 0.296 e. The topological polar surface area (TPSA) is 34.3 Å². The Labute approximate surface area is 165 Å². The first-order valence-electron chi connectivity index (χ1n) is 9.89. The Morgan fingerprint density at radius 1 is 0.931 bits per heavy atom. The van der Waals surface area contributed by atoms with E-state index >= 15 is 0 Å². The molecule has 0 saturated heterocycles. The highest BCUT2D eigenvalue weighted by molar-refractivity contribution is 6.29. The Bertz CT molecular complexity index is 1790. The first-order valence-corrected chi connectivity index (χ1v) is 9.89. The van der Waals surface area contributed by atoms with E-state index in [9.17, 15) is 0 Å². The van der Waals surface area contributed by atoms with E-state index in [2.05, 4.69) is 78.4 Å². The molecule has 29 heavy (non-hydrogen) atoms. The highest BCUT2D eigenvalue weighted by atomic mass is 16.3. The molecule has 4 nitrogen and oxygen atoms in total. The van der Waals surface area contributed by atoms with Crippen LogP contribution in [0, 0.1) is 13.8 Å². The van der Waals surface area contributed by atoms with Gasteiger partial charge in [-0.25, -0.2) is 4.57 Å². The molecule has 0 N–H and O–H groups in total. The predicted octanol–water partition coefficient (Wildman–Crippen LogP) is 5.57. The number of rotatable bonds is 0. The van der Waals surface area contributed by atoms with Crippen LogP contribution in [0.4, 0.5) is 0 Å². The molecular weight excluding hydrogens is 358 g/mol. The van der Waals surface area contributed by atoms with Crippen molar-refractivity contribution in [2.45, 2.75) is 13.8 Å². The molecule has 4 heteroatoms. The van der Waals surface area contributed by atoms with Crippen LogP contribution in [0.5, 0.6) is 0 Å². The SMILES string of the molecule is Cc1ccc2cc3occc3c3c2c1c1c2c(nc(C)[n+]1C)c1ccccc1n32. The number of hydrogen-bond donors (Lipinski definition) is 0. The zero-order chi connectivity index (χ0) is 19.4. The van der Waals surface area contributed by atoms with Crippen LogP contribution in [0.25, 0.3) is 60.1 Å². The number of nitrogens with zero attached hydrogens (tertiary/aromatic N) is 3. The molecule has 0 aliphatic heterocycles. The molecule has 4 aromatic heterocycles. The molecule has 4 heterocycles. The van der Waals surface area contributed by atoms with Gasteiger partial charge in [-0.05, 0) is 47.1 Å². The number of aryl methyl sites for hydroxylation is 3. The van der Waals surface area contributed by atoms with E-state index in [0.29, 0.717) is 0 Å². The number of pyridine rings is 1. The highest BCUT2D eigenvalue weighted by Crippen LogP contribution is 2.42. The van der Waals surface area contributed by atoms with Gasteiger partial charge in [0.15, 0.2) is 5.52 Å². The van der Waals surface area contributed by atoms with Crippen LogP contribution < -0.4 is 4.57 Å². The average Bonchev–Trinajstić information content (AvgIpc) is 3.32. The third kappa shape index (κ3) is 1.63. The number of fused-ring (bicyclic) bond motifs is 7. The minimum absolute atomic E-state index is 0.918. The zero-order valence-corrected chi connectivity index (χ0v) is 16.4. The van der Waals surface area contributed by atoms with E-state index in [-0.39, 0.29) is 0 Å². The molecule has 0 saturated carbocycles. The molecule has 138 valence electrons. The van der Waals surface area contributed by atoms with Gasteiger partial charge in [-0.3, -0.25) is 0 Å². The number of benzene rings is 3. The van der Waals surface area contributed by atoms with Gasteiger partial charge in [0.1, 0.15) is 11.1 Å². The Kier molecular flexibility index (Phi) is 2.55. The number of aromatic nitrogens is 3. The zero-order valence-electron chi connectivity index (χ0n) is 16.4. The van der Waals surface area contributed by atoms with Crippen LogP contribution in [0.2, 0.25) is 0 Å². The fraction of sp³-hybridized carbons (Fsp3) is 0.120. The van der Waals surface area contributed by atoms with Crippen LogP contribution in [-0.4, -0.2) is 9.38 Å². The van der Waals surface area contributed by atoms with Crippen molar-refractivity contribution in [3.8, 4) is 0 Å². The van der Waals surface area contributed by atoms with Crippen molar-refractivity contribution >= 4 is 60.1 Å². The van der Waals surface area contributed by atoms with Crippen LogP contribution in [0.3, 0.4) is 0 Å². The lowest BCUT2D eigenvalue weighted by atomic mass is 9.97. The third-order valence-electron chi connectivity index (χ3n) is 6.55. The van der Waals surface area contributed by atoms with Crippen molar-refractivity contribution in [1.29, 1.82) is 0 Å². The first kappa shape index (κ1) is 15.3. The average molecular weight is 376 g/mol. The van der Waals surface area contributed by atoms with E-state index in [4.69, 9.17) is 9.40 Å². The van der Waals surface area contributed by atoms with Crippen molar-refractivity contribution in [2.75, 3.05) is 0 Å². The molecule has 0 aliphatic rings. The second-order valence-electron chi connectivity index (χ2n) is 8.03. The Hall–Kier alpha value is -3.66. The normalized spacial score (nSPS) is 12.7. The van der Waals surface area contributed by atoms with Gasteiger partial charge >= 0.3 is 0 Å². The lowest BCUT2D eigenvalue weighted by Gasteiger charge is -2.15. The van der Waals surface area contributed by atoms with Crippen molar-refractivity contribution in [2.24, 2.45) is 7.05 Å². The summed E-state index contributed by atoms with van der Waals surface area (Å²) in [5.74, 6) is 1.01. The van der Waals surface area contributed by atoms with E-state index in [1.807, 2.05) is 0 Å². The molecule has 0 radical (unpaired) electrons. The number of furan rings is 1. The molecule has 0 fully saturated rings. The lowest BCUT2D eigenvalue weighted by molar-refractivity contribution is -0.653. The van der Waals surface area contributed by atoms with Crippen molar-refractivity contribution < 1.29 is 8.98 Å². The van der Waals surface area contributed by atoms with Crippen LogP contribution in [-0.2, 0) is 7.05 Å². The van der Waals surface area contributed by atoms with Gasteiger partial charge in [-0.1, -0.05) is 24.3 Å². The number of hydrogen-bond acceptors (Lipinski definition) is 2. The largest absolute Gasteiger partial charge is 0.464 e. The van der Waals surface area contributed by atoms with Gasteiger partial charge in [0, 0.05) is 23.1 Å². The van der Waals surface area contributed by atoms with Crippen molar-refractivity contribution in [3.63, 3.8) is 0 Å². The molecule has 7 rings (SSSR count). The van der Waals surface area contributed by atoms with Crippen LogP contribution >= 0.6 is 0 Å². The van der Waals surface area contributed by atoms with Gasteiger partial charge in [-0.15, -0.1) is 0 Å². The van der Waals surface area contributed by atoms with Gasteiger partial charge in [-0.2, -0.15) is 0 Å². The molecule has 7 aromatic rings. The quantitative estimate of drug-likeness (QED) is 0.197. The van der Waals surface area contributed by atoms with E-state index in [1.54, 1.807) is 6.26 Å². The molecular formula is C25H18N3O+. The summed E-state index contributed by atoms with van der Waals surface area (Å²) in [6, 6.07) is 17.3. The highest BCUT2D eigenvalue weighted by Gasteiger charge is 2.27. The second-order valence-corrected chi connectivity index (χ2v) is 8.03. The van der Waals surface area contributed by atoms with Crippen molar-refractivity contribution in [3.05, 3.63) is 66.2 Å². The summed E-state index contributed by atoms with van der Waals surface area (Å²) in [4.78, 5) is 5.02. The summed E-state index contributed by atoms with van der Waals surface area (Å²) in [6.07, 6.45) is 1.79. The number of para-hydroxylation sites is 1. The Morgan fingerprint density at radius 3 is 2.69 bits per heavy atom. The summed E-state index contributed by atoms with van der Waals surface area (Å²) in [5, 5.41) is 6.12. The summed E-state index contributed by atoms with van der Waals surface area (Å²) in [5.41, 5.74) is 8.06. The molecule has 0 spiro atoms.